The Morgan fingerprint density at radius 1 is 1.45 bits per heavy atom. The summed E-state index contributed by atoms with van der Waals surface area (Å²) in [5.74, 6) is -2.36. The number of carbonyl (C=O) groups excluding carboxylic acids is 1. The smallest absolute Gasteiger partial charge is 0.394 e. The number of alkyl halides is 3. The number of aliphatic hydroxyl groups is 1. The molecule has 0 bridgehead atoms. The van der Waals surface area contributed by atoms with Crippen molar-refractivity contribution in [3.8, 4) is 0 Å². The molecule has 0 saturated heterocycles. The molecule has 1 heterocycles. The van der Waals surface area contributed by atoms with E-state index in [4.69, 9.17) is 5.73 Å². The SMILES string of the molecule is CC(C)(CO)[C@H](C1NCc2cc(C(N)=O)ccc21)C(F)(F)F. The second-order valence-corrected chi connectivity index (χ2v) is 6.30. The van der Waals surface area contributed by atoms with Crippen LogP contribution in [0.3, 0.4) is 0 Å². The van der Waals surface area contributed by atoms with Crippen LogP contribution >= 0.6 is 0 Å². The lowest BCUT2D eigenvalue weighted by molar-refractivity contribution is -0.217. The zero-order valence-corrected chi connectivity index (χ0v) is 12.4. The normalized spacial score (nSPS) is 19.8. The quantitative estimate of drug-likeness (QED) is 0.796. The third-order valence-electron chi connectivity index (χ3n) is 4.21. The van der Waals surface area contributed by atoms with E-state index in [1.54, 1.807) is 0 Å². The van der Waals surface area contributed by atoms with E-state index < -0.39 is 36.1 Å². The summed E-state index contributed by atoms with van der Waals surface area (Å²) >= 11 is 0. The standard InChI is InChI=1S/C15H19F3N2O2/c1-14(2,7-21)12(15(16,17)18)11-10-4-3-8(13(19)22)5-9(10)6-20-11/h3-5,11-12,20-21H,6-7H2,1-2H3,(H2,19,22)/t11?,12-/m0/s1. The number of fused-ring (bicyclic) bond motifs is 1. The number of amides is 1. The maximum atomic E-state index is 13.5. The number of hydrogen-bond donors (Lipinski definition) is 3. The molecule has 0 fully saturated rings. The first-order valence-electron chi connectivity index (χ1n) is 6.91. The van der Waals surface area contributed by atoms with Crippen molar-refractivity contribution in [2.24, 2.45) is 17.1 Å². The number of rotatable bonds is 4. The lowest BCUT2D eigenvalue weighted by Gasteiger charge is -2.38. The van der Waals surface area contributed by atoms with Crippen LogP contribution in [0.25, 0.3) is 0 Å². The Balaban J connectivity index is 2.45. The van der Waals surface area contributed by atoms with E-state index in [0.29, 0.717) is 11.1 Å². The molecule has 4 N–H and O–H groups in total. The van der Waals surface area contributed by atoms with Gasteiger partial charge in [0.1, 0.15) is 0 Å². The number of halogens is 3. The second-order valence-electron chi connectivity index (χ2n) is 6.30. The average molecular weight is 316 g/mol. The van der Waals surface area contributed by atoms with Gasteiger partial charge in [-0.25, -0.2) is 0 Å². The Labute approximate surface area is 126 Å². The summed E-state index contributed by atoms with van der Waals surface area (Å²) in [5, 5.41) is 12.2. The highest BCUT2D eigenvalue weighted by molar-refractivity contribution is 5.93. The molecule has 22 heavy (non-hydrogen) atoms. The minimum Gasteiger partial charge on any atom is -0.396 e. The van der Waals surface area contributed by atoms with Gasteiger partial charge in [0.15, 0.2) is 0 Å². The fourth-order valence-electron chi connectivity index (χ4n) is 3.02. The lowest BCUT2D eigenvalue weighted by Crippen LogP contribution is -2.45. The van der Waals surface area contributed by atoms with Crippen molar-refractivity contribution in [2.75, 3.05) is 6.61 Å². The molecule has 0 saturated carbocycles. The van der Waals surface area contributed by atoms with Gasteiger partial charge in [-0.3, -0.25) is 4.79 Å². The second kappa shape index (κ2) is 5.55. The molecule has 4 nitrogen and oxygen atoms in total. The van der Waals surface area contributed by atoms with E-state index in [1.165, 1.54) is 32.0 Å². The van der Waals surface area contributed by atoms with Gasteiger partial charge in [0, 0.05) is 30.2 Å². The topological polar surface area (TPSA) is 75.3 Å². The third kappa shape index (κ3) is 2.96. The summed E-state index contributed by atoms with van der Waals surface area (Å²) in [6, 6.07) is 3.50. The molecule has 1 aromatic rings. The number of carbonyl (C=O) groups is 1. The van der Waals surface area contributed by atoms with Gasteiger partial charge in [0.05, 0.1) is 5.92 Å². The molecule has 1 aliphatic rings. The summed E-state index contributed by atoms with van der Waals surface area (Å²) in [7, 11) is 0. The maximum absolute atomic E-state index is 13.5. The van der Waals surface area contributed by atoms with Crippen molar-refractivity contribution in [2.45, 2.75) is 32.6 Å². The zero-order chi connectivity index (χ0) is 16.7. The first kappa shape index (κ1) is 16.8. The summed E-state index contributed by atoms with van der Waals surface area (Å²) < 4.78 is 40.6. The molecule has 7 heteroatoms. The molecule has 2 rings (SSSR count). The summed E-state index contributed by atoms with van der Waals surface area (Å²) in [6.07, 6.45) is -4.46. The van der Waals surface area contributed by atoms with Crippen molar-refractivity contribution in [3.05, 3.63) is 34.9 Å². The van der Waals surface area contributed by atoms with Crippen molar-refractivity contribution < 1.29 is 23.1 Å². The van der Waals surface area contributed by atoms with Gasteiger partial charge >= 0.3 is 6.18 Å². The first-order chi connectivity index (χ1) is 10.1. The van der Waals surface area contributed by atoms with Gasteiger partial charge in [0.2, 0.25) is 5.91 Å². The number of nitrogens with one attached hydrogen (secondary N) is 1. The van der Waals surface area contributed by atoms with Crippen LogP contribution in [0.1, 0.15) is 41.4 Å². The molecule has 0 spiro atoms. The van der Waals surface area contributed by atoms with Gasteiger partial charge in [-0.15, -0.1) is 0 Å². The number of primary amides is 1. The van der Waals surface area contributed by atoms with Crippen LogP contribution in [0.5, 0.6) is 0 Å². The number of nitrogens with two attached hydrogens (primary N) is 1. The Morgan fingerprint density at radius 2 is 2.09 bits per heavy atom. The van der Waals surface area contributed by atoms with E-state index in [-0.39, 0.29) is 12.1 Å². The highest BCUT2D eigenvalue weighted by Gasteiger charge is 2.54. The zero-order valence-electron chi connectivity index (χ0n) is 12.4. The van der Waals surface area contributed by atoms with Crippen molar-refractivity contribution in [1.29, 1.82) is 0 Å². The molecule has 1 amide bonds. The van der Waals surface area contributed by atoms with Crippen LogP contribution in [0.2, 0.25) is 0 Å². The number of hydrogen-bond acceptors (Lipinski definition) is 3. The highest BCUT2D eigenvalue weighted by Crippen LogP contribution is 2.49. The fourth-order valence-corrected chi connectivity index (χ4v) is 3.02. The molecular weight excluding hydrogens is 297 g/mol. The molecule has 1 aliphatic heterocycles. The van der Waals surface area contributed by atoms with Gasteiger partial charge in [0.25, 0.3) is 0 Å². The van der Waals surface area contributed by atoms with Gasteiger partial charge in [-0.2, -0.15) is 13.2 Å². The first-order valence-corrected chi connectivity index (χ1v) is 6.91. The molecule has 0 radical (unpaired) electrons. The summed E-state index contributed by atoms with van der Waals surface area (Å²) in [4.78, 5) is 11.2. The van der Waals surface area contributed by atoms with E-state index in [2.05, 4.69) is 5.32 Å². The largest absolute Gasteiger partial charge is 0.396 e. The van der Waals surface area contributed by atoms with Gasteiger partial charge < -0.3 is 16.2 Å². The van der Waals surface area contributed by atoms with Crippen LogP contribution in [0.4, 0.5) is 13.2 Å². The van der Waals surface area contributed by atoms with E-state index in [9.17, 15) is 23.1 Å². The van der Waals surface area contributed by atoms with Crippen LogP contribution in [-0.4, -0.2) is 23.8 Å². The molecule has 1 aromatic carbocycles. The van der Waals surface area contributed by atoms with Crippen LogP contribution < -0.4 is 11.1 Å². The lowest BCUT2D eigenvalue weighted by atomic mass is 9.73. The number of aliphatic hydroxyl groups excluding tert-OH is 1. The van der Waals surface area contributed by atoms with Crippen molar-refractivity contribution in [3.63, 3.8) is 0 Å². The minimum atomic E-state index is -4.46. The molecule has 2 atom stereocenters. The molecular formula is C15H19F3N2O2. The highest BCUT2D eigenvalue weighted by atomic mass is 19.4. The van der Waals surface area contributed by atoms with Crippen LogP contribution in [0, 0.1) is 11.3 Å². The van der Waals surface area contributed by atoms with Crippen LogP contribution in [0.15, 0.2) is 18.2 Å². The molecule has 0 aliphatic carbocycles. The summed E-state index contributed by atoms with van der Waals surface area (Å²) in [6.45, 7) is 2.44. The van der Waals surface area contributed by atoms with Crippen molar-refractivity contribution in [1.82, 2.24) is 5.32 Å². The van der Waals surface area contributed by atoms with Crippen LogP contribution in [-0.2, 0) is 6.54 Å². The van der Waals surface area contributed by atoms with Gasteiger partial charge in [-0.05, 0) is 23.3 Å². The Kier molecular flexibility index (Phi) is 4.23. The fraction of sp³-hybridized carbons (Fsp3) is 0.533. The van der Waals surface area contributed by atoms with E-state index in [0.717, 1.165) is 0 Å². The van der Waals surface area contributed by atoms with Crippen molar-refractivity contribution >= 4 is 5.91 Å². The predicted octanol–water partition coefficient (Wildman–Crippen LogP) is 2.13. The Morgan fingerprint density at radius 3 is 2.59 bits per heavy atom. The molecule has 122 valence electrons. The maximum Gasteiger partial charge on any atom is 0.394 e. The Bertz CT molecular complexity index is 585. The monoisotopic (exact) mass is 316 g/mol. The summed E-state index contributed by atoms with van der Waals surface area (Å²) in [5.41, 5.74) is 5.25. The minimum absolute atomic E-state index is 0.231. The van der Waals surface area contributed by atoms with E-state index >= 15 is 0 Å². The molecule has 0 aromatic heterocycles. The predicted molar refractivity (Wildman–Crippen MR) is 75.0 cm³/mol. The average Bonchev–Trinajstić information content (AvgIpc) is 2.79. The third-order valence-corrected chi connectivity index (χ3v) is 4.21. The van der Waals surface area contributed by atoms with Gasteiger partial charge in [-0.1, -0.05) is 19.9 Å². The number of benzene rings is 1. The van der Waals surface area contributed by atoms with E-state index in [1.807, 2.05) is 0 Å². The Hall–Kier alpha value is -1.60. The molecule has 1 unspecified atom stereocenters.